The van der Waals surface area contributed by atoms with Crippen LogP contribution in [0, 0.1) is 5.92 Å². The fraction of sp³-hybridized carbons (Fsp3) is 1.00. The summed E-state index contributed by atoms with van der Waals surface area (Å²) in [5.74, 6) is 0.893. The molecule has 0 amide bonds. The molecule has 0 aromatic heterocycles. The molecule has 2 atom stereocenters. The molecule has 0 radical (unpaired) electrons. The van der Waals surface area contributed by atoms with Crippen molar-refractivity contribution >= 4 is 0 Å². The van der Waals surface area contributed by atoms with Crippen LogP contribution in [0.3, 0.4) is 0 Å². The molecule has 1 heterocycles. The summed E-state index contributed by atoms with van der Waals surface area (Å²) in [5, 5.41) is 0. The molecule has 2 rings (SSSR count). The van der Waals surface area contributed by atoms with Gasteiger partial charge >= 0.3 is 0 Å². The van der Waals surface area contributed by atoms with Crippen LogP contribution in [-0.4, -0.2) is 42.8 Å². The Morgan fingerprint density at radius 2 is 2.00 bits per heavy atom. The molecule has 2 fully saturated rings. The van der Waals surface area contributed by atoms with E-state index in [0.717, 1.165) is 38.3 Å². The molecule has 1 aliphatic carbocycles. The van der Waals surface area contributed by atoms with Gasteiger partial charge in [-0.1, -0.05) is 19.8 Å². The van der Waals surface area contributed by atoms with Crippen LogP contribution in [0.25, 0.3) is 0 Å². The zero-order chi connectivity index (χ0) is 13.9. The standard InChI is InChI=1S/C16H32N2O/c1-4-15(2)12-16(13-17,9-10-19-15)18(3)11-14-7-5-6-8-14/h14H,4-13,17H2,1-3H3. The average Bonchev–Trinajstić information content (AvgIpc) is 2.91. The van der Waals surface area contributed by atoms with Crippen molar-refractivity contribution < 1.29 is 4.74 Å². The van der Waals surface area contributed by atoms with E-state index in [1.165, 1.54) is 32.2 Å². The van der Waals surface area contributed by atoms with Gasteiger partial charge in [-0.15, -0.1) is 0 Å². The number of nitrogens with zero attached hydrogens (tertiary/aromatic N) is 1. The molecule has 0 aromatic carbocycles. The number of rotatable bonds is 5. The summed E-state index contributed by atoms with van der Waals surface area (Å²) in [7, 11) is 2.28. The van der Waals surface area contributed by atoms with Gasteiger partial charge in [-0.05, 0) is 52.0 Å². The maximum atomic E-state index is 6.19. The van der Waals surface area contributed by atoms with Gasteiger partial charge in [0.25, 0.3) is 0 Å². The van der Waals surface area contributed by atoms with E-state index in [-0.39, 0.29) is 11.1 Å². The van der Waals surface area contributed by atoms with Crippen LogP contribution in [0.5, 0.6) is 0 Å². The fourth-order valence-electron chi connectivity index (χ4n) is 3.98. The number of ether oxygens (including phenoxy) is 1. The first kappa shape index (κ1) is 15.3. The van der Waals surface area contributed by atoms with Crippen LogP contribution in [0.1, 0.15) is 58.8 Å². The Balaban J connectivity index is 2.03. The monoisotopic (exact) mass is 268 g/mol. The van der Waals surface area contributed by atoms with Gasteiger partial charge in [0.2, 0.25) is 0 Å². The van der Waals surface area contributed by atoms with Crippen molar-refractivity contribution in [2.75, 3.05) is 26.7 Å². The van der Waals surface area contributed by atoms with E-state index in [4.69, 9.17) is 10.5 Å². The Hall–Kier alpha value is -0.120. The summed E-state index contributed by atoms with van der Waals surface area (Å²) < 4.78 is 6.01. The highest BCUT2D eigenvalue weighted by Gasteiger charge is 2.44. The van der Waals surface area contributed by atoms with E-state index < -0.39 is 0 Å². The highest BCUT2D eigenvalue weighted by molar-refractivity contribution is 5.00. The molecule has 0 aromatic rings. The predicted molar refractivity (Wildman–Crippen MR) is 80.3 cm³/mol. The van der Waals surface area contributed by atoms with E-state index in [2.05, 4.69) is 25.8 Å². The molecule has 19 heavy (non-hydrogen) atoms. The first-order valence-electron chi connectivity index (χ1n) is 8.09. The summed E-state index contributed by atoms with van der Waals surface area (Å²) in [5.41, 5.74) is 6.37. The van der Waals surface area contributed by atoms with Gasteiger partial charge in [-0.25, -0.2) is 0 Å². The third kappa shape index (κ3) is 3.32. The molecule has 0 spiro atoms. The second-order valence-corrected chi connectivity index (χ2v) is 7.04. The summed E-state index contributed by atoms with van der Waals surface area (Å²) in [6, 6.07) is 0. The van der Waals surface area contributed by atoms with Crippen molar-refractivity contribution in [2.45, 2.75) is 69.9 Å². The van der Waals surface area contributed by atoms with Crippen molar-refractivity contribution in [2.24, 2.45) is 11.7 Å². The summed E-state index contributed by atoms with van der Waals surface area (Å²) in [4.78, 5) is 2.57. The van der Waals surface area contributed by atoms with Crippen molar-refractivity contribution in [1.82, 2.24) is 4.90 Å². The fourth-order valence-corrected chi connectivity index (χ4v) is 3.98. The van der Waals surface area contributed by atoms with Gasteiger partial charge in [0.15, 0.2) is 0 Å². The topological polar surface area (TPSA) is 38.5 Å². The Kier molecular flexibility index (Phi) is 4.91. The maximum Gasteiger partial charge on any atom is 0.0670 e. The Bertz CT molecular complexity index is 290. The maximum absolute atomic E-state index is 6.19. The first-order chi connectivity index (χ1) is 9.03. The van der Waals surface area contributed by atoms with Gasteiger partial charge in [0, 0.05) is 25.2 Å². The molecule has 2 unspecified atom stereocenters. The normalized spacial score (nSPS) is 37.1. The van der Waals surface area contributed by atoms with Gasteiger partial charge in [-0.2, -0.15) is 0 Å². The molecule has 1 aliphatic heterocycles. The third-order valence-electron chi connectivity index (χ3n) is 5.67. The smallest absolute Gasteiger partial charge is 0.0670 e. The van der Waals surface area contributed by atoms with Crippen LogP contribution in [0.15, 0.2) is 0 Å². The Labute approximate surface area is 118 Å². The molecule has 3 nitrogen and oxygen atoms in total. The second kappa shape index (κ2) is 6.11. The molecule has 1 saturated carbocycles. The van der Waals surface area contributed by atoms with E-state index >= 15 is 0 Å². The average molecular weight is 268 g/mol. The SMILES string of the molecule is CCC1(C)CC(CN)(N(C)CC2CCCC2)CCO1. The van der Waals surface area contributed by atoms with Crippen LogP contribution < -0.4 is 5.73 Å². The third-order valence-corrected chi connectivity index (χ3v) is 5.67. The Morgan fingerprint density at radius 1 is 1.32 bits per heavy atom. The van der Waals surface area contributed by atoms with E-state index in [0.29, 0.717) is 0 Å². The van der Waals surface area contributed by atoms with Crippen LogP contribution in [0.2, 0.25) is 0 Å². The van der Waals surface area contributed by atoms with Crippen molar-refractivity contribution in [3.63, 3.8) is 0 Å². The van der Waals surface area contributed by atoms with Gasteiger partial charge in [-0.3, -0.25) is 4.90 Å². The lowest BCUT2D eigenvalue weighted by molar-refractivity contribution is -0.126. The zero-order valence-corrected chi connectivity index (χ0v) is 13.1. The molecule has 0 bridgehead atoms. The second-order valence-electron chi connectivity index (χ2n) is 7.04. The predicted octanol–water partition coefficient (Wildman–Crippen LogP) is 2.79. The minimum absolute atomic E-state index is 0.0154. The van der Waals surface area contributed by atoms with Crippen molar-refractivity contribution in [1.29, 1.82) is 0 Å². The summed E-state index contributed by atoms with van der Waals surface area (Å²) in [6.45, 7) is 7.31. The lowest BCUT2D eigenvalue weighted by atomic mass is 9.77. The first-order valence-corrected chi connectivity index (χ1v) is 8.09. The van der Waals surface area contributed by atoms with Crippen molar-refractivity contribution in [3.8, 4) is 0 Å². The molecule has 3 heteroatoms. The summed E-state index contributed by atoms with van der Waals surface area (Å²) in [6.07, 6.45) is 8.90. The minimum atomic E-state index is 0.0154. The largest absolute Gasteiger partial charge is 0.375 e. The quantitative estimate of drug-likeness (QED) is 0.833. The van der Waals surface area contributed by atoms with E-state index in [1.54, 1.807) is 0 Å². The van der Waals surface area contributed by atoms with Gasteiger partial charge < -0.3 is 10.5 Å². The zero-order valence-electron chi connectivity index (χ0n) is 13.1. The van der Waals surface area contributed by atoms with Crippen LogP contribution in [-0.2, 0) is 4.74 Å². The van der Waals surface area contributed by atoms with E-state index in [9.17, 15) is 0 Å². The molecule has 1 saturated heterocycles. The van der Waals surface area contributed by atoms with Crippen LogP contribution >= 0.6 is 0 Å². The number of hydrogen-bond acceptors (Lipinski definition) is 3. The van der Waals surface area contributed by atoms with Crippen LogP contribution in [0.4, 0.5) is 0 Å². The minimum Gasteiger partial charge on any atom is -0.375 e. The number of nitrogens with two attached hydrogens (primary N) is 1. The van der Waals surface area contributed by atoms with Gasteiger partial charge in [0.1, 0.15) is 0 Å². The van der Waals surface area contributed by atoms with E-state index in [1.807, 2.05) is 0 Å². The highest BCUT2D eigenvalue weighted by Crippen LogP contribution is 2.38. The highest BCUT2D eigenvalue weighted by atomic mass is 16.5. The lowest BCUT2D eigenvalue weighted by Gasteiger charge is -2.51. The lowest BCUT2D eigenvalue weighted by Crippen LogP contribution is -2.60. The molecule has 2 N–H and O–H groups in total. The number of likely N-dealkylation sites (N-methyl/N-ethyl adjacent to an activating group) is 1. The molecule has 112 valence electrons. The molecular weight excluding hydrogens is 236 g/mol. The number of hydrogen-bond donors (Lipinski definition) is 1. The molecular formula is C16H32N2O. The molecule has 2 aliphatic rings. The Morgan fingerprint density at radius 3 is 2.58 bits per heavy atom. The van der Waals surface area contributed by atoms with Crippen molar-refractivity contribution in [3.05, 3.63) is 0 Å². The summed E-state index contributed by atoms with van der Waals surface area (Å²) >= 11 is 0. The van der Waals surface area contributed by atoms with Gasteiger partial charge in [0.05, 0.1) is 5.60 Å².